The second-order valence-corrected chi connectivity index (χ2v) is 7.63. The Balaban J connectivity index is 1.37. The van der Waals surface area contributed by atoms with Crippen molar-refractivity contribution < 1.29 is 4.79 Å². The third-order valence-corrected chi connectivity index (χ3v) is 5.42. The highest BCUT2D eigenvalue weighted by Gasteiger charge is 2.15. The Kier molecular flexibility index (Phi) is 5.62. The lowest BCUT2D eigenvalue weighted by Crippen LogP contribution is -2.44. The summed E-state index contributed by atoms with van der Waals surface area (Å²) in [5.41, 5.74) is 5.15. The van der Waals surface area contributed by atoms with Crippen LogP contribution in [-0.2, 0) is 11.2 Å². The minimum Gasteiger partial charge on any atom is -0.369 e. The summed E-state index contributed by atoms with van der Waals surface area (Å²) in [5.74, 6) is -0.00714. The van der Waals surface area contributed by atoms with Gasteiger partial charge in [0.1, 0.15) is 0 Å². The van der Waals surface area contributed by atoms with Crippen molar-refractivity contribution in [2.75, 3.05) is 43.4 Å². The molecule has 1 aliphatic heterocycles. The number of carbonyl (C=O) groups excluding carboxylic acids is 1. The maximum absolute atomic E-state index is 12.5. The predicted molar refractivity (Wildman–Crippen MR) is 117 cm³/mol. The normalized spacial score (nSPS) is 14.8. The van der Waals surface area contributed by atoms with Gasteiger partial charge in [-0.1, -0.05) is 12.1 Å². The van der Waals surface area contributed by atoms with Gasteiger partial charge in [-0.15, -0.1) is 0 Å². The molecule has 1 amide bonds. The molecule has 0 atom stereocenters. The molecule has 0 bridgehead atoms. The van der Waals surface area contributed by atoms with Crippen molar-refractivity contribution in [3.05, 3.63) is 72.1 Å². The van der Waals surface area contributed by atoms with E-state index in [-0.39, 0.29) is 5.91 Å². The Morgan fingerprint density at radius 1 is 1.03 bits per heavy atom. The zero-order valence-corrected chi connectivity index (χ0v) is 17.0. The third-order valence-electron chi connectivity index (χ3n) is 5.42. The Labute approximate surface area is 171 Å². The molecular formula is C23H27N5O. The molecular weight excluding hydrogens is 362 g/mol. The number of aryl methyl sites for hydroxylation is 1. The molecule has 6 heteroatoms. The molecule has 4 rings (SSSR count). The number of piperazine rings is 1. The number of nitrogens with one attached hydrogen (secondary N) is 1. The molecule has 1 saturated heterocycles. The zero-order chi connectivity index (χ0) is 20.2. The first kappa shape index (κ1) is 19.2. The largest absolute Gasteiger partial charge is 0.369 e. The monoisotopic (exact) mass is 389 g/mol. The quantitative estimate of drug-likeness (QED) is 0.729. The average Bonchev–Trinajstić information content (AvgIpc) is 3.25. The number of aromatic nitrogens is 2. The number of hydrogen-bond donors (Lipinski definition) is 1. The maximum atomic E-state index is 12.5. The molecule has 0 saturated carbocycles. The van der Waals surface area contributed by atoms with Gasteiger partial charge in [0.05, 0.1) is 12.1 Å². The summed E-state index contributed by atoms with van der Waals surface area (Å²) in [7, 11) is 2.16. The lowest BCUT2D eigenvalue weighted by Gasteiger charge is -2.34. The minimum atomic E-state index is -0.00714. The van der Waals surface area contributed by atoms with Gasteiger partial charge in [-0.3, -0.25) is 4.79 Å². The average molecular weight is 390 g/mol. The van der Waals surface area contributed by atoms with Crippen molar-refractivity contribution in [2.24, 2.45) is 0 Å². The van der Waals surface area contributed by atoms with Crippen LogP contribution in [0.1, 0.15) is 11.1 Å². The van der Waals surface area contributed by atoms with Crippen molar-refractivity contribution in [2.45, 2.75) is 13.3 Å². The Morgan fingerprint density at radius 2 is 1.76 bits per heavy atom. The fourth-order valence-corrected chi connectivity index (χ4v) is 3.62. The van der Waals surface area contributed by atoms with Crippen LogP contribution >= 0.6 is 0 Å². The first-order valence-corrected chi connectivity index (χ1v) is 10.0. The lowest BCUT2D eigenvalue weighted by atomic mass is 10.1. The van der Waals surface area contributed by atoms with E-state index in [0.29, 0.717) is 6.42 Å². The molecule has 2 aromatic carbocycles. The smallest absolute Gasteiger partial charge is 0.228 e. The number of anilines is 2. The van der Waals surface area contributed by atoms with Crippen molar-refractivity contribution in [1.82, 2.24) is 14.7 Å². The summed E-state index contributed by atoms with van der Waals surface area (Å²) < 4.78 is 1.80. The molecule has 1 aliphatic rings. The fourth-order valence-electron chi connectivity index (χ4n) is 3.62. The molecule has 0 aliphatic carbocycles. The van der Waals surface area contributed by atoms with E-state index >= 15 is 0 Å². The molecule has 1 fully saturated rings. The van der Waals surface area contributed by atoms with Gasteiger partial charge in [0, 0.05) is 49.9 Å². The highest BCUT2D eigenvalue weighted by molar-refractivity contribution is 5.93. The molecule has 0 radical (unpaired) electrons. The van der Waals surface area contributed by atoms with Gasteiger partial charge in [-0.05, 0) is 61.5 Å². The van der Waals surface area contributed by atoms with Crippen LogP contribution in [0.5, 0.6) is 0 Å². The molecule has 150 valence electrons. The summed E-state index contributed by atoms with van der Waals surface area (Å²) in [6.45, 7) is 6.29. The molecule has 1 N–H and O–H groups in total. The number of nitrogens with zero attached hydrogens (tertiary/aromatic N) is 4. The Bertz CT molecular complexity index is 957. The van der Waals surface area contributed by atoms with Crippen molar-refractivity contribution >= 4 is 17.3 Å². The summed E-state index contributed by atoms with van der Waals surface area (Å²) in [6.07, 6.45) is 3.99. The third kappa shape index (κ3) is 4.66. The maximum Gasteiger partial charge on any atom is 0.228 e. The van der Waals surface area contributed by atoms with E-state index in [0.717, 1.165) is 48.7 Å². The standard InChI is InChI=1S/C23H27N5O/c1-18-16-21(27-14-12-26(2)13-15-27)8-9-22(18)25-23(29)17-19-4-6-20(7-5-19)28-11-3-10-24-28/h3-11,16H,12-15,17H2,1-2H3,(H,25,29). The highest BCUT2D eigenvalue weighted by atomic mass is 16.1. The van der Waals surface area contributed by atoms with E-state index in [1.54, 1.807) is 10.9 Å². The van der Waals surface area contributed by atoms with Gasteiger partial charge in [0.25, 0.3) is 0 Å². The van der Waals surface area contributed by atoms with E-state index in [9.17, 15) is 4.79 Å². The van der Waals surface area contributed by atoms with E-state index < -0.39 is 0 Å². The second kappa shape index (κ2) is 8.49. The molecule has 29 heavy (non-hydrogen) atoms. The molecule has 2 heterocycles. The number of likely N-dealkylation sites (N-methyl/N-ethyl adjacent to an activating group) is 1. The van der Waals surface area contributed by atoms with E-state index in [2.05, 4.69) is 39.4 Å². The summed E-state index contributed by atoms with van der Waals surface area (Å²) in [5, 5.41) is 7.27. The first-order chi connectivity index (χ1) is 14.1. The van der Waals surface area contributed by atoms with Gasteiger partial charge in [0.15, 0.2) is 0 Å². The summed E-state index contributed by atoms with van der Waals surface area (Å²) in [6, 6.07) is 16.1. The zero-order valence-electron chi connectivity index (χ0n) is 17.0. The molecule has 3 aromatic rings. The molecule has 1 aromatic heterocycles. The molecule has 0 spiro atoms. The van der Waals surface area contributed by atoms with Crippen LogP contribution in [0, 0.1) is 6.92 Å². The topological polar surface area (TPSA) is 53.4 Å². The van der Waals surface area contributed by atoms with Crippen LogP contribution in [0.4, 0.5) is 11.4 Å². The summed E-state index contributed by atoms with van der Waals surface area (Å²) >= 11 is 0. The Morgan fingerprint density at radius 3 is 2.41 bits per heavy atom. The summed E-state index contributed by atoms with van der Waals surface area (Å²) in [4.78, 5) is 17.3. The minimum absolute atomic E-state index is 0.00714. The van der Waals surface area contributed by atoms with Gasteiger partial charge in [-0.2, -0.15) is 5.10 Å². The van der Waals surface area contributed by atoms with Gasteiger partial charge in [0.2, 0.25) is 5.91 Å². The van der Waals surface area contributed by atoms with Crippen LogP contribution in [0.3, 0.4) is 0 Å². The first-order valence-electron chi connectivity index (χ1n) is 10.0. The number of hydrogen-bond acceptors (Lipinski definition) is 4. The van der Waals surface area contributed by atoms with Crippen LogP contribution < -0.4 is 10.2 Å². The van der Waals surface area contributed by atoms with Gasteiger partial charge in [-0.25, -0.2) is 4.68 Å². The van der Waals surface area contributed by atoms with Crippen LogP contribution in [-0.4, -0.2) is 53.8 Å². The van der Waals surface area contributed by atoms with E-state index in [1.165, 1.54) is 5.69 Å². The predicted octanol–water partition coefficient (Wildman–Crippen LogP) is 3.11. The highest BCUT2D eigenvalue weighted by Crippen LogP contribution is 2.24. The van der Waals surface area contributed by atoms with Gasteiger partial charge < -0.3 is 15.1 Å². The molecule has 0 unspecified atom stereocenters. The van der Waals surface area contributed by atoms with Crippen LogP contribution in [0.25, 0.3) is 5.69 Å². The van der Waals surface area contributed by atoms with Crippen molar-refractivity contribution in [1.29, 1.82) is 0 Å². The number of benzene rings is 2. The van der Waals surface area contributed by atoms with E-state index in [1.807, 2.05) is 49.5 Å². The molecule has 6 nitrogen and oxygen atoms in total. The van der Waals surface area contributed by atoms with Crippen molar-refractivity contribution in [3.63, 3.8) is 0 Å². The number of rotatable bonds is 5. The van der Waals surface area contributed by atoms with E-state index in [4.69, 9.17) is 0 Å². The lowest BCUT2D eigenvalue weighted by molar-refractivity contribution is -0.115. The number of carbonyl (C=O) groups is 1. The second-order valence-electron chi connectivity index (χ2n) is 7.63. The Hall–Kier alpha value is -3.12. The SMILES string of the molecule is Cc1cc(N2CCN(C)CC2)ccc1NC(=O)Cc1ccc(-n2cccn2)cc1. The van der Waals surface area contributed by atoms with Gasteiger partial charge >= 0.3 is 0 Å². The number of amides is 1. The van der Waals surface area contributed by atoms with Crippen molar-refractivity contribution in [3.8, 4) is 5.69 Å². The van der Waals surface area contributed by atoms with Crippen LogP contribution in [0.2, 0.25) is 0 Å². The van der Waals surface area contributed by atoms with Crippen LogP contribution in [0.15, 0.2) is 60.9 Å². The fraction of sp³-hybridized carbons (Fsp3) is 0.304.